The summed E-state index contributed by atoms with van der Waals surface area (Å²) in [6.07, 6.45) is 0.827. The first-order valence-electron chi connectivity index (χ1n) is 5.51. The quantitative estimate of drug-likeness (QED) is 0.598. The molecule has 0 aliphatic carbocycles. The first-order chi connectivity index (χ1) is 7.31. The SMILES string of the molecule is CNC(=O)CCNC(C)(CC(C)C)C(=O)O. The zero-order valence-electron chi connectivity index (χ0n) is 10.5. The van der Waals surface area contributed by atoms with Crippen LogP contribution in [0.3, 0.4) is 0 Å². The van der Waals surface area contributed by atoms with Gasteiger partial charge in [0.05, 0.1) is 0 Å². The normalized spacial score (nSPS) is 14.6. The fourth-order valence-corrected chi connectivity index (χ4v) is 1.63. The van der Waals surface area contributed by atoms with Gasteiger partial charge in [0.15, 0.2) is 0 Å². The Morgan fingerprint density at radius 2 is 1.94 bits per heavy atom. The summed E-state index contributed by atoms with van der Waals surface area (Å²) < 4.78 is 0. The molecule has 0 bridgehead atoms. The monoisotopic (exact) mass is 230 g/mol. The number of aliphatic carboxylic acids is 1. The summed E-state index contributed by atoms with van der Waals surface area (Å²) in [5.74, 6) is -0.684. The fraction of sp³-hybridized carbons (Fsp3) is 0.818. The Morgan fingerprint density at radius 3 is 2.31 bits per heavy atom. The molecule has 0 aromatic heterocycles. The van der Waals surface area contributed by atoms with Gasteiger partial charge in [-0.1, -0.05) is 13.8 Å². The topological polar surface area (TPSA) is 78.4 Å². The van der Waals surface area contributed by atoms with E-state index in [-0.39, 0.29) is 18.2 Å². The van der Waals surface area contributed by atoms with E-state index in [0.29, 0.717) is 13.0 Å². The molecule has 0 heterocycles. The number of carbonyl (C=O) groups excluding carboxylic acids is 1. The van der Waals surface area contributed by atoms with Crippen LogP contribution in [0, 0.1) is 5.92 Å². The first-order valence-corrected chi connectivity index (χ1v) is 5.51. The molecule has 1 atom stereocenters. The van der Waals surface area contributed by atoms with Crippen LogP contribution in [0.5, 0.6) is 0 Å². The Hall–Kier alpha value is -1.10. The maximum absolute atomic E-state index is 11.1. The van der Waals surface area contributed by atoms with Crippen molar-refractivity contribution in [2.24, 2.45) is 5.92 Å². The highest BCUT2D eigenvalue weighted by atomic mass is 16.4. The van der Waals surface area contributed by atoms with E-state index in [0.717, 1.165) is 0 Å². The van der Waals surface area contributed by atoms with Crippen molar-refractivity contribution in [1.82, 2.24) is 10.6 Å². The highest BCUT2D eigenvalue weighted by Gasteiger charge is 2.32. The van der Waals surface area contributed by atoms with Crippen LogP contribution in [-0.4, -0.2) is 36.1 Å². The van der Waals surface area contributed by atoms with E-state index in [1.807, 2.05) is 13.8 Å². The lowest BCUT2D eigenvalue weighted by Gasteiger charge is -2.28. The standard InChI is InChI=1S/C11H22N2O3/c1-8(2)7-11(3,10(15)16)13-6-5-9(14)12-4/h8,13H,5-7H2,1-4H3,(H,12,14)(H,15,16). The minimum absolute atomic E-state index is 0.0928. The lowest BCUT2D eigenvalue weighted by Crippen LogP contribution is -2.51. The number of amides is 1. The smallest absolute Gasteiger partial charge is 0.323 e. The van der Waals surface area contributed by atoms with Gasteiger partial charge in [-0.05, 0) is 19.3 Å². The van der Waals surface area contributed by atoms with Crippen LogP contribution in [0.25, 0.3) is 0 Å². The van der Waals surface area contributed by atoms with Gasteiger partial charge in [0.1, 0.15) is 5.54 Å². The maximum atomic E-state index is 11.1. The number of rotatable bonds is 7. The molecule has 5 heteroatoms. The van der Waals surface area contributed by atoms with E-state index in [1.165, 1.54) is 0 Å². The summed E-state index contributed by atoms with van der Waals surface area (Å²) in [7, 11) is 1.56. The molecule has 3 N–H and O–H groups in total. The number of hydrogen-bond donors (Lipinski definition) is 3. The largest absolute Gasteiger partial charge is 0.480 e. The third-order valence-corrected chi connectivity index (χ3v) is 2.43. The average Bonchev–Trinajstić information content (AvgIpc) is 2.16. The minimum atomic E-state index is -0.956. The molecule has 1 amide bonds. The zero-order chi connectivity index (χ0) is 12.8. The third-order valence-electron chi connectivity index (χ3n) is 2.43. The van der Waals surface area contributed by atoms with Gasteiger partial charge in [-0.15, -0.1) is 0 Å². The molecule has 0 fully saturated rings. The van der Waals surface area contributed by atoms with E-state index in [1.54, 1.807) is 14.0 Å². The molecule has 0 rings (SSSR count). The Bertz CT molecular complexity index is 254. The van der Waals surface area contributed by atoms with Crippen LogP contribution in [-0.2, 0) is 9.59 Å². The van der Waals surface area contributed by atoms with Gasteiger partial charge in [0.25, 0.3) is 0 Å². The molecule has 0 aliphatic rings. The Balaban J connectivity index is 4.23. The van der Waals surface area contributed by atoms with Crippen LogP contribution in [0.15, 0.2) is 0 Å². The number of carbonyl (C=O) groups is 2. The van der Waals surface area contributed by atoms with Crippen LogP contribution in [0.4, 0.5) is 0 Å². The molecule has 0 aromatic carbocycles. The summed E-state index contributed by atoms with van der Waals surface area (Å²) in [6, 6.07) is 0. The molecule has 5 nitrogen and oxygen atoms in total. The molecular formula is C11H22N2O3. The highest BCUT2D eigenvalue weighted by Crippen LogP contribution is 2.16. The van der Waals surface area contributed by atoms with Gasteiger partial charge in [0.2, 0.25) is 5.91 Å². The lowest BCUT2D eigenvalue weighted by atomic mass is 9.90. The van der Waals surface area contributed by atoms with Gasteiger partial charge in [0, 0.05) is 20.0 Å². The number of hydrogen-bond acceptors (Lipinski definition) is 3. The molecule has 0 radical (unpaired) electrons. The van der Waals surface area contributed by atoms with Crippen molar-refractivity contribution in [1.29, 1.82) is 0 Å². The van der Waals surface area contributed by atoms with E-state index in [2.05, 4.69) is 10.6 Å². The average molecular weight is 230 g/mol. The molecular weight excluding hydrogens is 208 g/mol. The molecule has 1 unspecified atom stereocenters. The molecule has 0 saturated carbocycles. The molecule has 16 heavy (non-hydrogen) atoms. The van der Waals surface area contributed by atoms with Crippen molar-refractivity contribution in [3.05, 3.63) is 0 Å². The van der Waals surface area contributed by atoms with Gasteiger partial charge >= 0.3 is 5.97 Å². The molecule has 94 valence electrons. The van der Waals surface area contributed by atoms with E-state index < -0.39 is 11.5 Å². The summed E-state index contributed by atoms with van der Waals surface area (Å²) >= 11 is 0. The molecule has 0 aliphatic heterocycles. The first kappa shape index (κ1) is 14.9. The number of nitrogens with one attached hydrogen (secondary N) is 2. The second-order valence-electron chi connectivity index (χ2n) is 4.59. The van der Waals surface area contributed by atoms with Crippen LogP contribution in [0.2, 0.25) is 0 Å². The summed E-state index contributed by atoms with van der Waals surface area (Å²) in [5.41, 5.74) is -0.956. The molecule has 0 spiro atoms. The Morgan fingerprint density at radius 1 is 1.38 bits per heavy atom. The summed E-state index contributed by atoms with van der Waals surface area (Å²) in [4.78, 5) is 22.1. The van der Waals surface area contributed by atoms with Crippen molar-refractivity contribution in [3.8, 4) is 0 Å². The minimum Gasteiger partial charge on any atom is -0.480 e. The van der Waals surface area contributed by atoms with E-state index in [9.17, 15) is 9.59 Å². The lowest BCUT2D eigenvalue weighted by molar-refractivity contribution is -0.145. The molecule has 0 saturated heterocycles. The van der Waals surface area contributed by atoms with E-state index >= 15 is 0 Å². The predicted octanol–water partition coefficient (Wildman–Crippen LogP) is 0.601. The highest BCUT2D eigenvalue weighted by molar-refractivity contribution is 5.78. The fourth-order valence-electron chi connectivity index (χ4n) is 1.63. The van der Waals surface area contributed by atoms with E-state index in [4.69, 9.17) is 5.11 Å². The Labute approximate surface area is 96.6 Å². The predicted molar refractivity (Wildman–Crippen MR) is 62.2 cm³/mol. The van der Waals surface area contributed by atoms with Crippen molar-refractivity contribution >= 4 is 11.9 Å². The number of carboxylic acids is 1. The van der Waals surface area contributed by atoms with Crippen molar-refractivity contribution in [3.63, 3.8) is 0 Å². The van der Waals surface area contributed by atoms with Crippen LogP contribution >= 0.6 is 0 Å². The Kier molecular flexibility index (Phi) is 6.03. The van der Waals surface area contributed by atoms with Crippen LogP contribution < -0.4 is 10.6 Å². The van der Waals surface area contributed by atoms with Gasteiger partial charge in [-0.3, -0.25) is 9.59 Å². The van der Waals surface area contributed by atoms with Gasteiger partial charge in [-0.2, -0.15) is 0 Å². The molecule has 0 aromatic rings. The van der Waals surface area contributed by atoms with Gasteiger partial charge in [-0.25, -0.2) is 0 Å². The third kappa shape index (κ3) is 5.11. The summed E-state index contributed by atoms with van der Waals surface area (Å²) in [5, 5.41) is 14.6. The van der Waals surface area contributed by atoms with Crippen molar-refractivity contribution < 1.29 is 14.7 Å². The second-order valence-corrected chi connectivity index (χ2v) is 4.59. The zero-order valence-corrected chi connectivity index (χ0v) is 10.5. The van der Waals surface area contributed by atoms with Crippen LogP contribution in [0.1, 0.15) is 33.6 Å². The van der Waals surface area contributed by atoms with Gasteiger partial charge < -0.3 is 15.7 Å². The van der Waals surface area contributed by atoms with Crippen molar-refractivity contribution in [2.75, 3.05) is 13.6 Å². The summed E-state index contributed by atoms with van der Waals surface area (Å²) in [6.45, 7) is 5.97. The number of carboxylic acid groups (broad SMARTS) is 1. The maximum Gasteiger partial charge on any atom is 0.323 e. The van der Waals surface area contributed by atoms with Crippen molar-refractivity contribution in [2.45, 2.75) is 39.2 Å². The second kappa shape index (κ2) is 6.48.